The van der Waals surface area contributed by atoms with Crippen LogP contribution in [0.15, 0.2) is 29.0 Å². The molecule has 2 aliphatic heterocycles. The van der Waals surface area contributed by atoms with E-state index < -0.39 is 0 Å². The summed E-state index contributed by atoms with van der Waals surface area (Å²) in [6.45, 7) is 3.16. The molecule has 1 saturated heterocycles. The number of nitrogens with zero attached hydrogens (tertiary/aromatic N) is 2. The van der Waals surface area contributed by atoms with Crippen molar-refractivity contribution in [2.24, 2.45) is 5.92 Å². The number of likely N-dealkylation sites (N-methyl/N-ethyl adjacent to an activating group) is 1. The Kier molecular flexibility index (Phi) is 6.86. The molecule has 26 heavy (non-hydrogen) atoms. The highest BCUT2D eigenvalue weighted by molar-refractivity contribution is 7.07. The number of likely N-dealkylation sites (tertiary alicyclic amines) is 1. The number of carbonyl (C=O) groups is 2. The van der Waals surface area contributed by atoms with Crippen molar-refractivity contribution in [1.82, 2.24) is 15.1 Å². The zero-order chi connectivity index (χ0) is 18.4. The molecule has 0 saturated carbocycles. The smallest absolute Gasteiger partial charge is 0.227 e. The summed E-state index contributed by atoms with van der Waals surface area (Å²) in [7, 11) is 2.05. The molecule has 6 heteroatoms. The first-order valence-corrected chi connectivity index (χ1v) is 10.5. The molecule has 1 aromatic heterocycles. The lowest BCUT2D eigenvalue weighted by atomic mass is 9.99. The summed E-state index contributed by atoms with van der Waals surface area (Å²) >= 11 is 1.67. The first kappa shape index (κ1) is 19.1. The summed E-state index contributed by atoms with van der Waals surface area (Å²) in [6, 6.07) is 2.21. The monoisotopic (exact) mass is 375 g/mol. The maximum atomic E-state index is 12.8. The normalized spacial score (nSPS) is 24.3. The van der Waals surface area contributed by atoms with Crippen LogP contribution in [0, 0.1) is 5.92 Å². The highest BCUT2D eigenvalue weighted by atomic mass is 32.1. The quantitative estimate of drug-likeness (QED) is 0.804. The molecule has 0 aromatic carbocycles. The molecule has 0 bridgehead atoms. The van der Waals surface area contributed by atoms with Crippen molar-refractivity contribution in [3.8, 4) is 0 Å². The Balaban J connectivity index is 1.47. The van der Waals surface area contributed by atoms with Crippen molar-refractivity contribution in [3.05, 3.63) is 34.5 Å². The summed E-state index contributed by atoms with van der Waals surface area (Å²) in [5.74, 6) is 0.422. The molecule has 5 nitrogen and oxygen atoms in total. The maximum Gasteiger partial charge on any atom is 0.227 e. The molecule has 1 aromatic rings. The van der Waals surface area contributed by atoms with Gasteiger partial charge in [0.25, 0.3) is 0 Å². The van der Waals surface area contributed by atoms with Gasteiger partial charge >= 0.3 is 0 Å². The van der Waals surface area contributed by atoms with E-state index in [2.05, 4.69) is 33.8 Å². The minimum Gasteiger partial charge on any atom is -0.352 e. The van der Waals surface area contributed by atoms with Gasteiger partial charge in [-0.3, -0.25) is 9.59 Å². The fourth-order valence-electron chi connectivity index (χ4n) is 3.82. The SMILES string of the molecule is CN1C[C@@H](NC(=O)CCc2ccsc2)CC[C@@H](C(=O)N2CC=CCC2)C1. The van der Waals surface area contributed by atoms with Gasteiger partial charge in [-0.15, -0.1) is 0 Å². The summed E-state index contributed by atoms with van der Waals surface area (Å²) in [5.41, 5.74) is 1.23. The Bertz CT molecular complexity index is 629. The molecule has 2 atom stereocenters. The summed E-state index contributed by atoms with van der Waals surface area (Å²) in [5, 5.41) is 7.32. The second-order valence-electron chi connectivity index (χ2n) is 7.44. The predicted molar refractivity (Wildman–Crippen MR) is 105 cm³/mol. The van der Waals surface area contributed by atoms with Gasteiger partial charge in [-0.25, -0.2) is 0 Å². The number of nitrogens with one attached hydrogen (secondary N) is 1. The lowest BCUT2D eigenvalue weighted by molar-refractivity contribution is -0.135. The van der Waals surface area contributed by atoms with Crippen molar-refractivity contribution in [3.63, 3.8) is 0 Å². The second kappa shape index (κ2) is 9.33. The Hall–Kier alpha value is -1.66. The lowest BCUT2D eigenvalue weighted by Gasteiger charge is -2.28. The van der Waals surface area contributed by atoms with Gasteiger partial charge in [-0.2, -0.15) is 11.3 Å². The van der Waals surface area contributed by atoms with Crippen molar-refractivity contribution in [2.45, 2.75) is 38.1 Å². The predicted octanol–water partition coefficient (Wildman–Crippen LogP) is 2.30. The molecule has 0 unspecified atom stereocenters. The highest BCUT2D eigenvalue weighted by Crippen LogP contribution is 2.20. The number of rotatable bonds is 5. The van der Waals surface area contributed by atoms with Gasteiger partial charge in [0.05, 0.1) is 5.92 Å². The lowest BCUT2D eigenvalue weighted by Crippen LogP contribution is -2.43. The molecule has 0 spiro atoms. The van der Waals surface area contributed by atoms with Crippen LogP contribution >= 0.6 is 11.3 Å². The van der Waals surface area contributed by atoms with E-state index in [0.29, 0.717) is 6.42 Å². The number of hydrogen-bond acceptors (Lipinski definition) is 4. The Morgan fingerprint density at radius 3 is 2.88 bits per heavy atom. The molecule has 1 fully saturated rings. The van der Waals surface area contributed by atoms with Gasteiger partial charge < -0.3 is 15.1 Å². The molecule has 3 rings (SSSR count). The van der Waals surface area contributed by atoms with E-state index >= 15 is 0 Å². The topological polar surface area (TPSA) is 52.7 Å². The summed E-state index contributed by atoms with van der Waals surface area (Å²) in [4.78, 5) is 29.2. The van der Waals surface area contributed by atoms with Crippen molar-refractivity contribution >= 4 is 23.2 Å². The summed E-state index contributed by atoms with van der Waals surface area (Å²) in [6.07, 6.45) is 8.22. The molecule has 142 valence electrons. The first-order chi connectivity index (χ1) is 12.6. The van der Waals surface area contributed by atoms with E-state index in [4.69, 9.17) is 0 Å². The van der Waals surface area contributed by atoms with Crippen LogP contribution in [0.3, 0.4) is 0 Å². The minimum absolute atomic E-state index is 0.0409. The van der Waals surface area contributed by atoms with E-state index in [1.54, 1.807) is 11.3 Å². The molecule has 0 radical (unpaired) electrons. The van der Waals surface area contributed by atoms with Crippen molar-refractivity contribution in [1.29, 1.82) is 0 Å². The number of carbonyl (C=O) groups excluding carboxylic acids is 2. The fourth-order valence-corrected chi connectivity index (χ4v) is 4.53. The molecule has 1 N–H and O–H groups in total. The molecule has 2 aliphatic rings. The van der Waals surface area contributed by atoms with Crippen molar-refractivity contribution in [2.75, 3.05) is 33.2 Å². The van der Waals surface area contributed by atoms with Crippen LogP contribution in [-0.4, -0.2) is 60.9 Å². The van der Waals surface area contributed by atoms with E-state index in [0.717, 1.165) is 51.9 Å². The van der Waals surface area contributed by atoms with E-state index in [1.807, 2.05) is 17.3 Å². The van der Waals surface area contributed by atoms with Crippen LogP contribution in [0.5, 0.6) is 0 Å². The Morgan fingerprint density at radius 1 is 1.27 bits per heavy atom. The summed E-state index contributed by atoms with van der Waals surface area (Å²) < 4.78 is 0. The average Bonchev–Trinajstić information content (AvgIpc) is 3.10. The van der Waals surface area contributed by atoms with Crippen LogP contribution in [-0.2, 0) is 16.0 Å². The van der Waals surface area contributed by atoms with E-state index in [9.17, 15) is 9.59 Å². The van der Waals surface area contributed by atoms with Crippen LogP contribution in [0.1, 0.15) is 31.2 Å². The third-order valence-corrected chi connectivity index (χ3v) is 5.96. The first-order valence-electron chi connectivity index (χ1n) is 9.54. The zero-order valence-electron chi connectivity index (χ0n) is 15.5. The zero-order valence-corrected chi connectivity index (χ0v) is 16.3. The maximum absolute atomic E-state index is 12.8. The fraction of sp³-hybridized carbons (Fsp3) is 0.600. The van der Waals surface area contributed by atoms with Gasteiger partial charge in [0, 0.05) is 38.6 Å². The van der Waals surface area contributed by atoms with Gasteiger partial charge in [0.15, 0.2) is 0 Å². The van der Waals surface area contributed by atoms with E-state index in [-0.39, 0.29) is 23.8 Å². The number of amides is 2. The Morgan fingerprint density at radius 2 is 2.15 bits per heavy atom. The second-order valence-corrected chi connectivity index (χ2v) is 8.22. The van der Waals surface area contributed by atoms with Gasteiger partial charge in [0.2, 0.25) is 11.8 Å². The molecular formula is C20H29N3O2S. The molecular weight excluding hydrogens is 346 g/mol. The average molecular weight is 376 g/mol. The van der Waals surface area contributed by atoms with Crippen LogP contribution in [0.25, 0.3) is 0 Å². The molecule has 0 aliphatic carbocycles. The van der Waals surface area contributed by atoms with Crippen molar-refractivity contribution < 1.29 is 9.59 Å². The third-order valence-electron chi connectivity index (χ3n) is 5.23. The number of hydrogen-bond donors (Lipinski definition) is 1. The van der Waals surface area contributed by atoms with Gasteiger partial charge in [0.1, 0.15) is 0 Å². The molecule has 2 amide bonds. The standard InChI is InChI=1S/C20H29N3O2S/c1-22-13-17(20(25)23-10-3-2-4-11-23)6-7-18(14-22)21-19(24)8-5-16-9-12-26-15-16/h2-3,9,12,15,17-18H,4-8,10-11,13-14H2,1H3,(H,21,24)/t17-,18+/m1/s1. The largest absolute Gasteiger partial charge is 0.352 e. The number of thiophene rings is 1. The van der Waals surface area contributed by atoms with Crippen LogP contribution in [0.2, 0.25) is 0 Å². The highest BCUT2D eigenvalue weighted by Gasteiger charge is 2.30. The van der Waals surface area contributed by atoms with Gasteiger partial charge in [-0.05, 0) is 55.1 Å². The van der Waals surface area contributed by atoms with Gasteiger partial charge in [-0.1, -0.05) is 12.2 Å². The van der Waals surface area contributed by atoms with Crippen LogP contribution < -0.4 is 5.32 Å². The Labute approximate surface area is 160 Å². The minimum atomic E-state index is 0.0409. The van der Waals surface area contributed by atoms with Crippen LogP contribution in [0.4, 0.5) is 0 Å². The third kappa shape index (κ3) is 5.42. The molecule has 3 heterocycles. The number of aryl methyl sites for hydroxylation is 1. The van der Waals surface area contributed by atoms with E-state index in [1.165, 1.54) is 5.56 Å².